The lowest BCUT2D eigenvalue weighted by atomic mass is 10.2. The summed E-state index contributed by atoms with van der Waals surface area (Å²) in [5, 5.41) is 2.22. The van der Waals surface area contributed by atoms with Crippen LogP contribution in [0.3, 0.4) is 0 Å². The fourth-order valence-electron chi connectivity index (χ4n) is 0.492. The number of carbonyl (C=O) groups excluding carboxylic acids is 1. The molecule has 0 spiro atoms. The van der Waals surface area contributed by atoms with Gasteiger partial charge >= 0.3 is 0 Å². The van der Waals surface area contributed by atoms with Gasteiger partial charge < -0.3 is 5.32 Å². The molecule has 3 heteroatoms. The highest BCUT2D eigenvalue weighted by atomic mass is 35.5. The largest absolute Gasteiger partial charge is 0.393 e. The maximum absolute atomic E-state index is 10.6. The maximum atomic E-state index is 10.6. The van der Waals surface area contributed by atoms with Crippen molar-refractivity contribution in [3.05, 3.63) is 23.9 Å². The first-order chi connectivity index (χ1) is 4.59. The van der Waals surface area contributed by atoms with Crippen LogP contribution in [-0.2, 0) is 4.79 Å². The van der Waals surface area contributed by atoms with E-state index in [1.54, 1.807) is 14.0 Å². The molecule has 0 aliphatic rings. The van der Waals surface area contributed by atoms with Crippen LogP contribution < -0.4 is 5.32 Å². The summed E-state index contributed by atoms with van der Waals surface area (Å²) in [5.41, 5.74) is 1.08. The number of carbonyl (C=O) groups is 1. The second-order valence-electron chi connectivity index (χ2n) is 1.90. The minimum Gasteiger partial charge on any atom is -0.393 e. The van der Waals surface area contributed by atoms with Gasteiger partial charge in [0.05, 0.1) is 5.57 Å². The summed E-state index contributed by atoms with van der Waals surface area (Å²) in [7, 11) is 1.70. The second kappa shape index (κ2) is 4.12. The molecule has 1 N–H and O–H groups in total. The summed E-state index contributed by atoms with van der Waals surface area (Å²) in [6.45, 7) is 5.31. The van der Waals surface area contributed by atoms with Gasteiger partial charge in [0, 0.05) is 13.2 Å². The average Bonchev–Trinajstić information content (AvgIpc) is 1.81. The first kappa shape index (κ1) is 9.24. The van der Waals surface area contributed by atoms with E-state index < -0.39 is 5.24 Å². The van der Waals surface area contributed by atoms with Gasteiger partial charge in [-0.3, -0.25) is 4.79 Å². The van der Waals surface area contributed by atoms with Crippen molar-refractivity contribution < 1.29 is 4.79 Å². The highest BCUT2D eigenvalue weighted by molar-refractivity contribution is 6.68. The summed E-state index contributed by atoms with van der Waals surface area (Å²) in [5.74, 6) is 0. The lowest BCUT2D eigenvalue weighted by Crippen LogP contribution is -2.02. The first-order valence-electron chi connectivity index (χ1n) is 2.82. The van der Waals surface area contributed by atoms with E-state index in [0.717, 1.165) is 0 Å². The predicted molar refractivity (Wildman–Crippen MR) is 42.8 cm³/mol. The van der Waals surface area contributed by atoms with Crippen molar-refractivity contribution in [2.45, 2.75) is 6.92 Å². The van der Waals surface area contributed by atoms with Gasteiger partial charge in [0.2, 0.25) is 0 Å². The van der Waals surface area contributed by atoms with Crippen LogP contribution >= 0.6 is 11.6 Å². The van der Waals surface area contributed by atoms with E-state index >= 15 is 0 Å². The van der Waals surface area contributed by atoms with Crippen molar-refractivity contribution in [2.24, 2.45) is 0 Å². The third kappa shape index (κ3) is 2.69. The molecule has 0 heterocycles. The Hall–Kier alpha value is -0.760. The van der Waals surface area contributed by atoms with Gasteiger partial charge in [-0.15, -0.1) is 0 Å². The van der Waals surface area contributed by atoms with Crippen LogP contribution in [0.4, 0.5) is 0 Å². The monoisotopic (exact) mass is 159 g/mol. The number of hydrogen-bond donors (Lipinski definition) is 1. The lowest BCUT2D eigenvalue weighted by Gasteiger charge is -1.98. The zero-order valence-corrected chi connectivity index (χ0v) is 6.83. The van der Waals surface area contributed by atoms with Crippen LogP contribution in [0.1, 0.15) is 6.92 Å². The molecule has 0 aliphatic heterocycles. The van der Waals surface area contributed by atoms with Crippen LogP contribution in [0.2, 0.25) is 0 Å². The summed E-state index contributed by atoms with van der Waals surface area (Å²) in [6, 6.07) is 0. The van der Waals surface area contributed by atoms with E-state index in [1.165, 1.54) is 6.20 Å². The summed E-state index contributed by atoms with van der Waals surface area (Å²) < 4.78 is 0. The zero-order valence-electron chi connectivity index (χ0n) is 6.07. The fraction of sp³-hybridized carbons (Fsp3) is 0.286. The standard InChI is InChI=1S/C7H10ClNO/c1-5(2)6(4-9-3)7(8)10/h4,9H,1H2,2-3H3/b6-4+. The smallest absolute Gasteiger partial charge is 0.254 e. The fourth-order valence-corrected chi connectivity index (χ4v) is 0.708. The molecule has 0 aromatic carbocycles. The van der Waals surface area contributed by atoms with Crippen LogP contribution in [0.5, 0.6) is 0 Å². The first-order valence-corrected chi connectivity index (χ1v) is 3.20. The Morgan fingerprint density at radius 3 is 2.30 bits per heavy atom. The van der Waals surface area contributed by atoms with Gasteiger partial charge in [-0.25, -0.2) is 0 Å². The van der Waals surface area contributed by atoms with E-state index in [2.05, 4.69) is 11.9 Å². The van der Waals surface area contributed by atoms with Crippen molar-refractivity contribution in [1.29, 1.82) is 0 Å². The third-order valence-electron chi connectivity index (χ3n) is 0.960. The van der Waals surface area contributed by atoms with Crippen LogP contribution in [0.25, 0.3) is 0 Å². The summed E-state index contributed by atoms with van der Waals surface area (Å²) >= 11 is 5.21. The van der Waals surface area contributed by atoms with E-state index in [0.29, 0.717) is 11.1 Å². The Kier molecular flexibility index (Phi) is 3.81. The Labute approximate surface area is 65.6 Å². The molecule has 0 saturated heterocycles. The normalized spacial score (nSPS) is 10.9. The molecule has 0 unspecified atom stereocenters. The molecular formula is C7H10ClNO. The summed E-state index contributed by atoms with van der Waals surface area (Å²) in [6.07, 6.45) is 1.53. The molecule has 0 rings (SSSR count). The van der Waals surface area contributed by atoms with Crippen molar-refractivity contribution in [2.75, 3.05) is 7.05 Å². The SMILES string of the molecule is C=C(C)/C(=C\NC)C(=O)Cl. The van der Waals surface area contributed by atoms with Crippen molar-refractivity contribution in [1.82, 2.24) is 5.32 Å². The van der Waals surface area contributed by atoms with Gasteiger partial charge in [-0.05, 0) is 24.1 Å². The van der Waals surface area contributed by atoms with Crippen molar-refractivity contribution >= 4 is 16.8 Å². The molecule has 0 amide bonds. The molecule has 56 valence electrons. The lowest BCUT2D eigenvalue weighted by molar-refractivity contribution is -0.108. The molecule has 0 aromatic rings. The molecule has 0 aromatic heterocycles. The summed E-state index contributed by atoms with van der Waals surface area (Å²) in [4.78, 5) is 10.6. The Morgan fingerprint density at radius 1 is 1.70 bits per heavy atom. The number of halogens is 1. The molecule has 0 saturated carbocycles. The van der Waals surface area contributed by atoms with Gasteiger partial charge in [0.1, 0.15) is 0 Å². The minimum atomic E-state index is -0.484. The minimum absolute atomic E-state index is 0.421. The molecule has 0 bridgehead atoms. The van der Waals surface area contributed by atoms with E-state index in [4.69, 9.17) is 11.6 Å². The highest BCUT2D eigenvalue weighted by Crippen LogP contribution is 2.08. The number of allylic oxidation sites excluding steroid dienone is 2. The molecule has 10 heavy (non-hydrogen) atoms. The predicted octanol–water partition coefficient (Wildman–Crippen LogP) is 1.43. The van der Waals surface area contributed by atoms with E-state index in [9.17, 15) is 4.79 Å². The molecule has 2 nitrogen and oxygen atoms in total. The van der Waals surface area contributed by atoms with E-state index in [1.807, 2.05) is 0 Å². The zero-order chi connectivity index (χ0) is 8.15. The topological polar surface area (TPSA) is 29.1 Å². The Balaban J connectivity index is 4.42. The van der Waals surface area contributed by atoms with Crippen molar-refractivity contribution in [3.63, 3.8) is 0 Å². The Morgan fingerprint density at radius 2 is 2.20 bits per heavy atom. The molecule has 0 radical (unpaired) electrons. The average molecular weight is 160 g/mol. The van der Waals surface area contributed by atoms with Crippen LogP contribution in [0.15, 0.2) is 23.9 Å². The van der Waals surface area contributed by atoms with Gasteiger partial charge in [0.25, 0.3) is 5.24 Å². The highest BCUT2D eigenvalue weighted by Gasteiger charge is 2.04. The number of nitrogens with one attached hydrogen (secondary N) is 1. The van der Waals surface area contributed by atoms with Gasteiger partial charge in [-0.2, -0.15) is 0 Å². The number of rotatable bonds is 3. The van der Waals surface area contributed by atoms with Gasteiger partial charge in [-0.1, -0.05) is 6.58 Å². The molecule has 0 aliphatic carbocycles. The van der Waals surface area contributed by atoms with E-state index in [-0.39, 0.29) is 0 Å². The van der Waals surface area contributed by atoms with Crippen LogP contribution in [-0.4, -0.2) is 12.3 Å². The number of hydrogen-bond acceptors (Lipinski definition) is 2. The molecule has 0 atom stereocenters. The third-order valence-corrected chi connectivity index (χ3v) is 1.16. The molecule has 0 fully saturated rings. The molecular weight excluding hydrogens is 150 g/mol. The van der Waals surface area contributed by atoms with Gasteiger partial charge in [0.15, 0.2) is 0 Å². The maximum Gasteiger partial charge on any atom is 0.254 e. The van der Waals surface area contributed by atoms with Crippen molar-refractivity contribution in [3.8, 4) is 0 Å². The quantitative estimate of drug-likeness (QED) is 0.384. The Bertz CT molecular complexity index is 168. The van der Waals surface area contributed by atoms with Crippen LogP contribution in [0, 0.1) is 0 Å². The second-order valence-corrected chi connectivity index (χ2v) is 2.24.